The zero-order valence-corrected chi connectivity index (χ0v) is 14.5. The Bertz CT molecular complexity index is 661. The molecule has 1 rings (SSSR count). The number of ether oxygens (including phenoxy) is 1. The first-order chi connectivity index (χ1) is 11.1. The quantitative estimate of drug-likeness (QED) is 0.537. The summed E-state index contributed by atoms with van der Waals surface area (Å²) in [6, 6.07) is -0.643. The molecular formula is C16H23N3O5. The Labute approximate surface area is 140 Å². The number of aromatic amines is 1. The first-order valence-electron chi connectivity index (χ1n) is 7.58. The van der Waals surface area contributed by atoms with Crippen LogP contribution in [0.15, 0.2) is 0 Å². The Morgan fingerprint density at radius 2 is 1.79 bits per heavy atom. The van der Waals surface area contributed by atoms with E-state index >= 15 is 0 Å². The zero-order chi connectivity index (χ0) is 18.4. The smallest absolute Gasteiger partial charge is 0.355 e. The van der Waals surface area contributed by atoms with Gasteiger partial charge in [0.25, 0.3) is 5.91 Å². The molecular weight excluding hydrogens is 314 g/mol. The zero-order valence-electron chi connectivity index (χ0n) is 14.5. The van der Waals surface area contributed by atoms with E-state index in [-0.39, 0.29) is 17.4 Å². The molecule has 0 saturated heterocycles. The van der Waals surface area contributed by atoms with E-state index < -0.39 is 24.5 Å². The van der Waals surface area contributed by atoms with Gasteiger partial charge in [0, 0.05) is 17.8 Å². The summed E-state index contributed by atoms with van der Waals surface area (Å²) in [5, 5.41) is 4.57. The van der Waals surface area contributed by atoms with Gasteiger partial charge in [-0.25, -0.2) is 9.59 Å². The molecule has 0 unspecified atom stereocenters. The van der Waals surface area contributed by atoms with Gasteiger partial charge in [-0.2, -0.15) is 0 Å². The average molecular weight is 337 g/mol. The van der Waals surface area contributed by atoms with Crippen molar-refractivity contribution in [3.63, 3.8) is 0 Å². The summed E-state index contributed by atoms with van der Waals surface area (Å²) in [5.41, 5.74) is 1.58. The van der Waals surface area contributed by atoms with Gasteiger partial charge in [-0.05, 0) is 32.3 Å². The van der Waals surface area contributed by atoms with E-state index in [4.69, 9.17) is 4.74 Å². The van der Waals surface area contributed by atoms with E-state index in [9.17, 15) is 19.2 Å². The second-order valence-corrected chi connectivity index (χ2v) is 5.91. The highest BCUT2D eigenvalue weighted by atomic mass is 16.5. The number of hydrogen-bond acceptors (Lipinski definition) is 5. The highest BCUT2D eigenvalue weighted by molar-refractivity contribution is 6.01. The number of nitrogens with one attached hydrogen (secondary N) is 3. The van der Waals surface area contributed by atoms with E-state index in [1.165, 1.54) is 6.92 Å². The van der Waals surface area contributed by atoms with E-state index in [0.29, 0.717) is 23.4 Å². The first-order valence-corrected chi connectivity index (χ1v) is 7.58. The molecule has 0 aliphatic heterocycles. The summed E-state index contributed by atoms with van der Waals surface area (Å²) in [4.78, 5) is 49.3. The van der Waals surface area contributed by atoms with Crippen LogP contribution in [0.25, 0.3) is 0 Å². The van der Waals surface area contributed by atoms with E-state index in [2.05, 4.69) is 15.6 Å². The number of amides is 3. The predicted molar refractivity (Wildman–Crippen MR) is 86.9 cm³/mol. The van der Waals surface area contributed by atoms with Gasteiger partial charge in [0.2, 0.25) is 0 Å². The number of H-pyrrole nitrogens is 1. The molecule has 0 aliphatic carbocycles. The molecule has 8 heteroatoms. The van der Waals surface area contributed by atoms with E-state index in [1.807, 2.05) is 13.8 Å². The second-order valence-electron chi connectivity index (χ2n) is 5.91. The lowest BCUT2D eigenvalue weighted by atomic mass is 10.1. The Balaban J connectivity index is 2.58. The Morgan fingerprint density at radius 1 is 1.17 bits per heavy atom. The van der Waals surface area contributed by atoms with Crippen molar-refractivity contribution >= 4 is 23.7 Å². The molecule has 0 aromatic carbocycles. The Hall–Kier alpha value is -2.64. The number of rotatable bonds is 6. The molecule has 0 radical (unpaired) electrons. The first kappa shape index (κ1) is 19.4. The van der Waals surface area contributed by atoms with Gasteiger partial charge < -0.3 is 15.0 Å². The number of aromatic nitrogens is 1. The van der Waals surface area contributed by atoms with Crippen LogP contribution in [-0.4, -0.2) is 41.8 Å². The molecule has 3 N–H and O–H groups in total. The van der Waals surface area contributed by atoms with Gasteiger partial charge in [0.1, 0.15) is 5.69 Å². The van der Waals surface area contributed by atoms with Crippen molar-refractivity contribution in [2.45, 2.75) is 34.6 Å². The van der Waals surface area contributed by atoms with Crippen LogP contribution in [0.1, 0.15) is 52.9 Å². The Kier molecular flexibility index (Phi) is 6.69. The maximum atomic E-state index is 12.0. The van der Waals surface area contributed by atoms with Crippen LogP contribution in [0, 0.1) is 19.8 Å². The van der Waals surface area contributed by atoms with Gasteiger partial charge in [-0.1, -0.05) is 13.8 Å². The molecule has 0 spiro atoms. The molecule has 0 fully saturated rings. The normalized spacial score (nSPS) is 10.4. The number of urea groups is 1. The fourth-order valence-electron chi connectivity index (χ4n) is 2.19. The van der Waals surface area contributed by atoms with E-state index in [1.54, 1.807) is 13.8 Å². The van der Waals surface area contributed by atoms with Crippen molar-refractivity contribution in [3.05, 3.63) is 22.5 Å². The van der Waals surface area contributed by atoms with Crippen LogP contribution in [0.4, 0.5) is 4.79 Å². The Morgan fingerprint density at radius 3 is 2.29 bits per heavy atom. The summed E-state index contributed by atoms with van der Waals surface area (Å²) in [7, 11) is 0. The molecule has 1 aromatic rings. The third kappa shape index (κ3) is 5.22. The van der Waals surface area contributed by atoms with Crippen LogP contribution in [0.3, 0.4) is 0 Å². The minimum absolute atomic E-state index is 0.120. The van der Waals surface area contributed by atoms with Crippen molar-refractivity contribution in [1.29, 1.82) is 0 Å². The fourth-order valence-corrected chi connectivity index (χ4v) is 2.19. The van der Waals surface area contributed by atoms with Gasteiger partial charge >= 0.3 is 12.0 Å². The maximum absolute atomic E-state index is 12.0. The average Bonchev–Trinajstić information content (AvgIpc) is 2.77. The van der Waals surface area contributed by atoms with Crippen LogP contribution in [-0.2, 0) is 9.53 Å². The third-order valence-electron chi connectivity index (χ3n) is 3.25. The summed E-state index contributed by atoms with van der Waals surface area (Å²) in [5.74, 6) is -1.42. The predicted octanol–water partition coefficient (Wildman–Crippen LogP) is 1.47. The molecule has 132 valence electrons. The van der Waals surface area contributed by atoms with Gasteiger partial charge in [0.15, 0.2) is 12.4 Å². The minimum atomic E-state index is -0.763. The molecule has 0 bridgehead atoms. The molecule has 8 nitrogen and oxygen atoms in total. The highest BCUT2D eigenvalue weighted by Crippen LogP contribution is 2.19. The lowest BCUT2D eigenvalue weighted by Crippen LogP contribution is -2.42. The largest absolute Gasteiger partial charge is 0.451 e. The van der Waals surface area contributed by atoms with Crippen molar-refractivity contribution in [3.8, 4) is 0 Å². The standard InChI is InChI=1S/C16H23N3O5/c1-8(2)6-17-16(23)19-12(21)7-24-15(22)14-9(3)13(11(5)20)10(4)18-14/h8,18H,6-7H2,1-5H3,(H2,17,19,21,23). The number of hydrogen-bond donors (Lipinski definition) is 3. The van der Waals surface area contributed by atoms with Crippen molar-refractivity contribution in [2.75, 3.05) is 13.2 Å². The molecule has 0 saturated carbocycles. The number of imide groups is 1. The topological polar surface area (TPSA) is 117 Å². The SMILES string of the molecule is CC(=O)c1c(C)[nH]c(C(=O)OCC(=O)NC(=O)NCC(C)C)c1C. The lowest BCUT2D eigenvalue weighted by Gasteiger charge is -2.09. The van der Waals surface area contributed by atoms with Gasteiger partial charge in [0.05, 0.1) is 0 Å². The lowest BCUT2D eigenvalue weighted by molar-refractivity contribution is -0.123. The number of Topliss-reactive ketones (excluding diaryl/α,β-unsaturated/α-hetero) is 1. The monoisotopic (exact) mass is 337 g/mol. The number of carbonyl (C=O) groups excluding carboxylic acids is 4. The number of carbonyl (C=O) groups is 4. The van der Waals surface area contributed by atoms with Crippen LogP contribution >= 0.6 is 0 Å². The summed E-state index contributed by atoms with van der Waals surface area (Å²) in [6.45, 7) is 8.36. The van der Waals surface area contributed by atoms with Crippen molar-refractivity contribution in [1.82, 2.24) is 15.6 Å². The molecule has 0 atom stereocenters. The number of esters is 1. The summed E-state index contributed by atoms with van der Waals surface area (Å²) < 4.78 is 4.87. The van der Waals surface area contributed by atoms with Crippen molar-refractivity contribution in [2.24, 2.45) is 5.92 Å². The molecule has 1 aromatic heterocycles. The molecule has 1 heterocycles. The number of aryl methyl sites for hydroxylation is 1. The number of ketones is 1. The third-order valence-corrected chi connectivity index (χ3v) is 3.25. The fraction of sp³-hybridized carbons (Fsp3) is 0.500. The second kappa shape index (κ2) is 8.28. The molecule has 0 aliphatic rings. The molecule has 24 heavy (non-hydrogen) atoms. The maximum Gasteiger partial charge on any atom is 0.355 e. The van der Waals surface area contributed by atoms with Crippen LogP contribution in [0.5, 0.6) is 0 Å². The van der Waals surface area contributed by atoms with Gasteiger partial charge in [-0.15, -0.1) is 0 Å². The molecule has 3 amide bonds. The highest BCUT2D eigenvalue weighted by Gasteiger charge is 2.21. The minimum Gasteiger partial charge on any atom is -0.451 e. The summed E-state index contributed by atoms with van der Waals surface area (Å²) in [6.07, 6.45) is 0. The summed E-state index contributed by atoms with van der Waals surface area (Å²) >= 11 is 0. The van der Waals surface area contributed by atoms with Gasteiger partial charge in [-0.3, -0.25) is 14.9 Å². The van der Waals surface area contributed by atoms with Crippen molar-refractivity contribution < 1.29 is 23.9 Å². The van der Waals surface area contributed by atoms with Crippen LogP contribution < -0.4 is 10.6 Å². The van der Waals surface area contributed by atoms with Crippen LogP contribution in [0.2, 0.25) is 0 Å². The van der Waals surface area contributed by atoms with E-state index in [0.717, 1.165) is 0 Å².